The summed E-state index contributed by atoms with van der Waals surface area (Å²) in [6.45, 7) is 1.89. The minimum absolute atomic E-state index is 0.00108. The van der Waals surface area contributed by atoms with E-state index in [1.807, 2.05) is 0 Å². The van der Waals surface area contributed by atoms with E-state index in [-0.39, 0.29) is 16.9 Å². The van der Waals surface area contributed by atoms with Gasteiger partial charge in [-0.1, -0.05) is 11.8 Å². The summed E-state index contributed by atoms with van der Waals surface area (Å²) < 4.78 is 0. The van der Waals surface area contributed by atoms with Crippen LogP contribution in [0.25, 0.3) is 0 Å². The van der Waals surface area contributed by atoms with Gasteiger partial charge in [0.1, 0.15) is 0 Å². The maximum Gasteiger partial charge on any atom is 0.312 e. The highest BCUT2D eigenvalue weighted by molar-refractivity contribution is 8.13. The van der Waals surface area contributed by atoms with Gasteiger partial charge in [0.05, 0.1) is 10.6 Å². The van der Waals surface area contributed by atoms with Crippen LogP contribution < -0.4 is 4.90 Å². The Kier molecular flexibility index (Phi) is 4.46. The second-order valence-electron chi connectivity index (χ2n) is 4.81. The number of carbonyl (C=O) groups is 2. The van der Waals surface area contributed by atoms with E-state index < -0.39 is 16.4 Å². The molecule has 1 heterocycles. The molecule has 0 radical (unpaired) electrons. The van der Waals surface area contributed by atoms with E-state index in [0.29, 0.717) is 24.4 Å². The van der Waals surface area contributed by atoms with E-state index in [9.17, 15) is 24.8 Å². The van der Waals surface area contributed by atoms with E-state index >= 15 is 0 Å². The second kappa shape index (κ2) is 6.13. The number of carbonyl (C=O) groups excluding carboxylic acids is 2. The zero-order valence-corrected chi connectivity index (χ0v) is 12.1. The monoisotopic (exact) mass is 310 g/mol. The molecule has 1 N–H and O–H groups in total. The topological polar surface area (TPSA) is 101 Å². The van der Waals surface area contributed by atoms with Crippen LogP contribution in [-0.4, -0.2) is 33.3 Å². The van der Waals surface area contributed by atoms with E-state index in [1.165, 1.54) is 41.8 Å². The van der Waals surface area contributed by atoms with Crippen molar-refractivity contribution in [1.82, 2.24) is 0 Å². The number of hydrogen-bond donors (Lipinski definition) is 1. The molecular formula is C13H14N2O5S. The molecule has 0 aromatic heterocycles. The van der Waals surface area contributed by atoms with Crippen LogP contribution in [0.5, 0.6) is 5.75 Å². The summed E-state index contributed by atoms with van der Waals surface area (Å²) in [5.74, 6) is 0.0278. The summed E-state index contributed by atoms with van der Waals surface area (Å²) in [7, 11) is 0. The molecule has 112 valence electrons. The van der Waals surface area contributed by atoms with Gasteiger partial charge in [0, 0.05) is 31.7 Å². The second-order valence-corrected chi connectivity index (χ2v) is 6.00. The molecule has 1 saturated heterocycles. The van der Waals surface area contributed by atoms with Crippen molar-refractivity contribution in [2.45, 2.75) is 13.3 Å². The van der Waals surface area contributed by atoms with Crippen molar-refractivity contribution in [2.24, 2.45) is 5.92 Å². The molecule has 1 unspecified atom stereocenters. The molecule has 1 aromatic rings. The minimum Gasteiger partial charge on any atom is -0.502 e. The first-order valence-corrected chi connectivity index (χ1v) is 7.28. The van der Waals surface area contributed by atoms with Crippen molar-refractivity contribution in [2.75, 3.05) is 17.2 Å². The van der Waals surface area contributed by atoms with Crippen LogP contribution in [0.1, 0.15) is 13.3 Å². The molecule has 7 nitrogen and oxygen atoms in total. The molecule has 1 fully saturated rings. The minimum atomic E-state index is -0.692. The number of benzene rings is 1. The Bertz CT molecular complexity index is 604. The van der Waals surface area contributed by atoms with Gasteiger partial charge in [-0.15, -0.1) is 0 Å². The zero-order chi connectivity index (χ0) is 15.6. The lowest BCUT2D eigenvalue weighted by atomic mass is 10.1. The number of nitrogens with zero attached hydrogens (tertiary/aromatic N) is 2. The molecule has 1 aromatic carbocycles. The molecule has 0 saturated carbocycles. The Morgan fingerprint density at radius 3 is 2.90 bits per heavy atom. The summed E-state index contributed by atoms with van der Waals surface area (Å²) in [5, 5.41) is 20.2. The van der Waals surface area contributed by atoms with Crippen LogP contribution in [0.2, 0.25) is 0 Å². The van der Waals surface area contributed by atoms with E-state index in [0.717, 1.165) is 0 Å². The van der Waals surface area contributed by atoms with Crippen molar-refractivity contribution in [1.29, 1.82) is 0 Å². The average molecular weight is 310 g/mol. The Balaban J connectivity index is 2.15. The van der Waals surface area contributed by atoms with E-state index in [1.54, 1.807) is 0 Å². The van der Waals surface area contributed by atoms with Crippen molar-refractivity contribution >= 4 is 34.2 Å². The molecule has 2 rings (SSSR count). The number of nitro benzene ring substituents is 1. The van der Waals surface area contributed by atoms with Gasteiger partial charge in [0.2, 0.25) is 5.91 Å². The van der Waals surface area contributed by atoms with Crippen molar-refractivity contribution < 1.29 is 19.6 Å². The third kappa shape index (κ3) is 3.52. The zero-order valence-electron chi connectivity index (χ0n) is 11.3. The first kappa shape index (κ1) is 15.3. The number of anilines is 1. The van der Waals surface area contributed by atoms with Crippen LogP contribution >= 0.6 is 11.8 Å². The molecule has 1 aliphatic heterocycles. The molecule has 0 aliphatic carbocycles. The third-order valence-electron chi connectivity index (χ3n) is 3.19. The molecule has 21 heavy (non-hydrogen) atoms. The van der Waals surface area contributed by atoms with Crippen molar-refractivity contribution in [3.63, 3.8) is 0 Å². The molecule has 8 heteroatoms. The fraction of sp³-hybridized carbons (Fsp3) is 0.385. The number of thioether (sulfide) groups is 1. The maximum absolute atomic E-state index is 12.0. The summed E-state index contributed by atoms with van der Waals surface area (Å²) in [6.07, 6.45) is 0.314. The smallest absolute Gasteiger partial charge is 0.312 e. The Labute approximate surface area is 125 Å². The van der Waals surface area contributed by atoms with Gasteiger partial charge in [-0.25, -0.2) is 0 Å². The number of nitro groups is 1. The highest BCUT2D eigenvalue weighted by Crippen LogP contribution is 2.33. The first-order valence-electron chi connectivity index (χ1n) is 6.29. The van der Waals surface area contributed by atoms with Crippen LogP contribution in [-0.2, 0) is 9.59 Å². The van der Waals surface area contributed by atoms with Crippen LogP contribution in [0.3, 0.4) is 0 Å². The normalized spacial score (nSPS) is 18.0. The van der Waals surface area contributed by atoms with Gasteiger partial charge in [-0.3, -0.25) is 19.7 Å². The molecule has 1 aliphatic rings. The number of rotatable bonds is 4. The number of aromatic hydroxyl groups is 1. The summed E-state index contributed by atoms with van der Waals surface area (Å²) in [5.41, 5.74) is -0.0401. The molecular weight excluding hydrogens is 296 g/mol. The quantitative estimate of drug-likeness (QED) is 0.673. The predicted molar refractivity (Wildman–Crippen MR) is 78.4 cm³/mol. The lowest BCUT2D eigenvalue weighted by Crippen LogP contribution is -2.24. The number of hydrogen-bond acceptors (Lipinski definition) is 6. The van der Waals surface area contributed by atoms with Crippen molar-refractivity contribution in [3.05, 3.63) is 28.3 Å². The van der Waals surface area contributed by atoms with Gasteiger partial charge in [0.15, 0.2) is 10.9 Å². The number of phenolic OH excluding ortho intramolecular Hbond substituents is 1. The number of phenols is 1. The summed E-state index contributed by atoms with van der Waals surface area (Å²) in [6, 6.07) is 3.87. The highest BCUT2D eigenvalue weighted by atomic mass is 32.2. The SMILES string of the molecule is CC(=O)SCC1CC(=O)N(c2ccc(O)c([N+](=O)[O-])c2)C1. The lowest BCUT2D eigenvalue weighted by molar-refractivity contribution is -0.385. The van der Waals surface area contributed by atoms with Crippen LogP contribution in [0, 0.1) is 16.0 Å². The summed E-state index contributed by atoms with van der Waals surface area (Å²) >= 11 is 1.17. The fourth-order valence-electron chi connectivity index (χ4n) is 2.20. The largest absolute Gasteiger partial charge is 0.502 e. The van der Waals surface area contributed by atoms with Gasteiger partial charge < -0.3 is 10.0 Å². The lowest BCUT2D eigenvalue weighted by Gasteiger charge is -2.16. The van der Waals surface area contributed by atoms with Gasteiger partial charge in [-0.2, -0.15) is 0 Å². The van der Waals surface area contributed by atoms with Gasteiger partial charge >= 0.3 is 5.69 Å². The van der Waals surface area contributed by atoms with Gasteiger partial charge in [0.25, 0.3) is 0 Å². The first-order chi connectivity index (χ1) is 9.88. The Morgan fingerprint density at radius 2 is 2.29 bits per heavy atom. The Morgan fingerprint density at radius 1 is 1.57 bits per heavy atom. The molecule has 0 spiro atoms. The van der Waals surface area contributed by atoms with Crippen LogP contribution in [0.4, 0.5) is 11.4 Å². The van der Waals surface area contributed by atoms with E-state index in [4.69, 9.17) is 0 Å². The van der Waals surface area contributed by atoms with Gasteiger partial charge in [-0.05, 0) is 18.1 Å². The molecule has 0 bridgehead atoms. The average Bonchev–Trinajstić information content (AvgIpc) is 2.78. The Hall–Kier alpha value is -2.09. The number of amides is 1. The third-order valence-corrected chi connectivity index (χ3v) is 4.24. The molecule has 1 amide bonds. The highest BCUT2D eigenvalue weighted by Gasteiger charge is 2.31. The summed E-state index contributed by atoms with van der Waals surface area (Å²) in [4.78, 5) is 34.5. The fourth-order valence-corrected chi connectivity index (χ4v) is 2.90. The van der Waals surface area contributed by atoms with Crippen molar-refractivity contribution in [3.8, 4) is 5.75 Å². The molecule has 1 atom stereocenters. The maximum atomic E-state index is 12.0. The predicted octanol–water partition coefficient (Wildman–Crippen LogP) is 1.93. The standard InChI is InChI=1S/C13H14N2O5S/c1-8(16)21-7-9-4-13(18)14(6-9)10-2-3-12(17)11(5-10)15(19)20/h2-3,5,9,17H,4,6-7H2,1H3. The van der Waals surface area contributed by atoms with E-state index in [2.05, 4.69) is 0 Å². The van der Waals surface area contributed by atoms with Crippen LogP contribution in [0.15, 0.2) is 18.2 Å².